The number of ether oxygens (including phenoxy) is 7. The number of nitrogens with one attached hydrogen (secondary N) is 5. The van der Waals surface area contributed by atoms with Crippen LogP contribution in [0.3, 0.4) is 0 Å². The predicted molar refractivity (Wildman–Crippen MR) is 546 cm³/mol. The third-order valence-corrected chi connectivity index (χ3v) is 33.2. The average molecular weight is 2080 g/mol. The first kappa shape index (κ1) is 113. The van der Waals surface area contributed by atoms with Gasteiger partial charge in [0.05, 0.1) is 52.8 Å². The Morgan fingerprint density at radius 3 is 1.11 bits per heavy atom. The molecule has 14 N–H and O–H groups in total. The number of amides is 5. The fourth-order valence-electron chi connectivity index (χ4n) is 15.3. The van der Waals surface area contributed by atoms with Gasteiger partial charge < -0.3 is 130 Å². The van der Waals surface area contributed by atoms with E-state index < -0.39 is 157 Å². The highest BCUT2D eigenvalue weighted by atomic mass is 127. The number of carbonyl (C=O) groups is 5. The van der Waals surface area contributed by atoms with Gasteiger partial charge in [-0.3, -0.25) is 37.9 Å². The fourth-order valence-corrected chi connectivity index (χ4v) is 22.0. The van der Waals surface area contributed by atoms with Gasteiger partial charge in [-0.2, -0.15) is 0 Å². The minimum atomic E-state index is -1.27. The molecule has 132 heavy (non-hydrogen) atoms. The molecule has 24 atom stereocenters. The van der Waals surface area contributed by atoms with Crippen molar-refractivity contribution >= 4 is 131 Å². The molecule has 0 saturated carbocycles. The molecule has 0 bridgehead atoms. The number of nitrogens with zero attached hydrogens (tertiary/aromatic N) is 7. The van der Waals surface area contributed by atoms with E-state index in [1.165, 1.54) is 48.6 Å². The topological polar surface area (TPSA) is 452 Å². The number of alkyl halides is 1. The van der Waals surface area contributed by atoms with Gasteiger partial charge in [0.1, 0.15) is 96.0 Å². The molecule has 12 heterocycles. The minimum Gasteiger partial charge on any atom is -0.390 e. The summed E-state index contributed by atoms with van der Waals surface area (Å²) in [5.41, 5.74) is -0.279. The highest BCUT2D eigenvalue weighted by molar-refractivity contribution is 14.1. The Hall–Kier alpha value is -6.12. The summed E-state index contributed by atoms with van der Waals surface area (Å²) in [7, 11) is 2.89. The van der Waals surface area contributed by atoms with Crippen LogP contribution in [0.1, 0.15) is 65.5 Å². The van der Waals surface area contributed by atoms with Gasteiger partial charge in [-0.1, -0.05) is 68.3 Å². The second-order valence-corrected chi connectivity index (χ2v) is 66.1. The number of halogens is 1. The van der Waals surface area contributed by atoms with E-state index in [9.17, 15) is 79.5 Å². The maximum Gasteiger partial charge on any atom is 0.332 e. The lowest BCUT2D eigenvalue weighted by Crippen LogP contribution is -2.47. The van der Waals surface area contributed by atoms with Crippen LogP contribution in [0.15, 0.2) is 144 Å². The number of hydrogen-bond donors (Lipinski definition) is 14. The van der Waals surface area contributed by atoms with Gasteiger partial charge in [-0.25, -0.2) is 4.79 Å². The molecule has 0 aromatic carbocycles. The van der Waals surface area contributed by atoms with Crippen molar-refractivity contribution in [2.75, 3.05) is 124 Å². The molecule has 0 unspecified atom stereocenters. The number of carbonyl (C=O) groups excluding carboxylic acids is 5. The summed E-state index contributed by atoms with van der Waals surface area (Å²) in [6, 6.07) is 1.22. The number of aromatic nitrogens is 2. The largest absolute Gasteiger partial charge is 0.390 e. The maximum absolute atomic E-state index is 12.1. The van der Waals surface area contributed by atoms with Gasteiger partial charge >= 0.3 is 5.69 Å². The SMILES string of the molecule is C=C1NC(=O)C(C#CC)=CN1[C@@H]1O[C@H](CCP(=C)(C)C)[C@@H](O)[C@H]1O.C=C1NC(=O)C(C)=CN1[C@@H]1O[C@H](CCP(=C)(C)C)[C@@H](O)[C@H]1O.C=C1NC(=O)C=CN1[C@@H]1O[C@H](CCP(=C)(C)C)[C@@H](O)[C@H]1C.C=C1NC(=O)C=CN1[C@@H]1O[C@H](CCP(=C)(C)C)[C@@H](O)[C@H]1I.C=C1NC(=O)C=CN1[C@@H]1O[C@H](CCP(=C)(C)C)[C@@H](O)[C@H]1OC.C=P(C)(C)CC[C@H]1O[C@@H](n2ccc(=O)n(C)c2=O)[C@H](O)[C@@H]1O. The Balaban J connectivity index is 0.000000217. The van der Waals surface area contributed by atoms with Gasteiger partial charge in [0, 0.05) is 87.1 Å². The van der Waals surface area contributed by atoms with E-state index in [0.29, 0.717) is 48.1 Å². The van der Waals surface area contributed by atoms with Crippen molar-refractivity contribution in [3.63, 3.8) is 0 Å². The van der Waals surface area contributed by atoms with Gasteiger partial charge in [-0.05, 0) is 169 Å². The maximum atomic E-state index is 12.1. The highest BCUT2D eigenvalue weighted by Gasteiger charge is 2.52. The molecule has 12 rings (SSSR count). The van der Waals surface area contributed by atoms with E-state index in [0.717, 1.165) is 65.4 Å². The molecule has 5 amide bonds. The Bertz CT molecular complexity index is 4970. The van der Waals surface area contributed by atoms with E-state index in [4.69, 9.17) is 33.2 Å². The van der Waals surface area contributed by atoms with Gasteiger partial charge in [-0.15, -0.1) is 85.0 Å². The van der Waals surface area contributed by atoms with Crippen LogP contribution in [-0.4, -0.2) is 404 Å². The predicted octanol–water partition coefficient (Wildman–Crippen LogP) is 3.17. The zero-order valence-electron chi connectivity index (χ0n) is 79.3. The molecule has 1 aromatic rings. The van der Waals surface area contributed by atoms with E-state index in [-0.39, 0.29) is 81.5 Å². The molecule has 11 aliphatic heterocycles. The van der Waals surface area contributed by atoms with Gasteiger partial charge in [0.25, 0.3) is 35.1 Å². The Morgan fingerprint density at radius 2 is 0.727 bits per heavy atom. The molecule has 0 spiro atoms. The number of rotatable bonds is 25. The van der Waals surface area contributed by atoms with Crippen LogP contribution in [0.2, 0.25) is 0 Å². The van der Waals surface area contributed by atoms with E-state index >= 15 is 0 Å². The summed E-state index contributed by atoms with van der Waals surface area (Å²) < 4.78 is 42.8. The van der Waals surface area contributed by atoms with Crippen molar-refractivity contribution in [3.05, 3.63) is 155 Å². The monoisotopic (exact) mass is 2070 g/mol. The molecule has 0 aliphatic carbocycles. The average Bonchev–Trinajstić information content (AvgIpc) is 1.69. The first-order valence-corrected chi connectivity index (χ1v) is 62.9. The van der Waals surface area contributed by atoms with Crippen LogP contribution in [0.4, 0.5) is 0 Å². The van der Waals surface area contributed by atoms with E-state index in [2.05, 4.69) is 212 Å². The van der Waals surface area contributed by atoms with Crippen molar-refractivity contribution in [2.45, 2.75) is 198 Å². The van der Waals surface area contributed by atoms with E-state index in [1.54, 1.807) is 65.4 Å². The van der Waals surface area contributed by atoms with Crippen molar-refractivity contribution < 1.29 is 103 Å². The Labute approximate surface area is 792 Å². The Kier molecular flexibility index (Phi) is 40.6. The van der Waals surface area contributed by atoms with Crippen LogP contribution in [0.25, 0.3) is 0 Å². The summed E-state index contributed by atoms with van der Waals surface area (Å²) in [4.78, 5) is 89.1. The standard InChI is InChI=1S/C17H25N2O4P.2C15H25N2O4P.C15H25N2O3P.C14H22IN2O3P.C14H23N2O5P/c1-6-7-12-10-19(11(2)18-16(12)22)17-15(21)14(20)13(23-17)8-9-24(3,4)5;1-10-16-12(18)6-8-17(10)15-14(20-2)13(19)11(21-15)7-9-22(3,4)5;1-9-8-17(10(2)16-14(9)20)15-13(19)12(18)11(21-15)6-7-22(3,4)5;1-10-14(19)12(7-9-21(3,4)5)20-15(10)17-8-6-13(18)16-11(17)2;1-9-16-11(18)5-7-17(9)14-12(15)13(19)10(20-14)6-8-21(2,3)4;1-15-10(17)5-7-16(14(15)20)13-12(19)11(18)9(21-13)6-8-22(2,3)4/h10,13-15,17,20-21H,2-3,8-9H2,1,4-5H3,(H,18,22);6,8,11,13-15,19H,1,3,7,9H2,2,4-5H3,(H,16,18);8,11-13,15,18-19H,2-3,6-7H2,1,4-5H3,(H,16,20);6,8,10,12,14-15,19H,2-3,7,9H2,1,4-5H3,(H,16,18);5,7,10,12-14,19H,1-2,6,8H2,3-4H3,(H,16,18);5,7,9,11-13,18-19H,2,6,8H2,1,3-4H3/t13-,14-,15-,17-;11-,13-,14-,15-;11-,12-,13-,15-;10-,12-,14+,15-;10-,12-,13-,14-;9-,11-,12-,13-/m111111/s1. The van der Waals surface area contributed by atoms with Crippen molar-refractivity contribution in [1.82, 2.24) is 60.2 Å². The highest BCUT2D eigenvalue weighted by Crippen LogP contribution is 2.46. The second kappa shape index (κ2) is 47.5. The lowest BCUT2D eigenvalue weighted by molar-refractivity contribution is -0.120. The second-order valence-electron chi connectivity index (χ2n) is 38.7. The van der Waals surface area contributed by atoms with Crippen molar-refractivity contribution in [1.29, 1.82) is 0 Å². The number of hydrogen-bond acceptors (Lipinski definition) is 28. The quantitative estimate of drug-likeness (QED) is 0.0289. The Morgan fingerprint density at radius 1 is 0.417 bits per heavy atom. The first-order chi connectivity index (χ1) is 60.9. The molecule has 1 aromatic heterocycles. The van der Waals surface area contributed by atoms with Crippen LogP contribution in [0.5, 0.6) is 0 Å². The summed E-state index contributed by atoms with van der Waals surface area (Å²) >= 11 is 2.20. The van der Waals surface area contributed by atoms with Crippen LogP contribution >= 0.6 is 63.9 Å². The summed E-state index contributed by atoms with van der Waals surface area (Å²) in [6.07, 6.45) is 33.6. The summed E-state index contributed by atoms with van der Waals surface area (Å²) in [5, 5.41) is 106. The number of methoxy groups -OCH3 is 1. The molecule has 42 heteroatoms. The molecule has 6 fully saturated rings. The summed E-state index contributed by atoms with van der Waals surface area (Å²) in [5.74, 6) is 6.11. The molecular weight excluding hydrogens is 1930 g/mol. The molecule has 11 aliphatic rings. The molecular formula is C90H145IN12O23P6. The van der Waals surface area contributed by atoms with Gasteiger partial charge in [0.2, 0.25) is 0 Å². The molecule has 0 radical (unpaired) electrons. The van der Waals surface area contributed by atoms with Crippen LogP contribution in [-0.2, 0) is 64.2 Å². The third kappa shape index (κ3) is 31.7. The molecule has 35 nitrogen and oxygen atoms in total. The van der Waals surface area contributed by atoms with Crippen molar-refractivity contribution in [3.8, 4) is 11.8 Å². The normalized spacial score (nSPS) is 31.9. The lowest BCUT2D eigenvalue weighted by Gasteiger charge is -2.34. The van der Waals surface area contributed by atoms with Crippen molar-refractivity contribution in [2.24, 2.45) is 13.0 Å². The number of aliphatic hydroxyl groups is 9. The van der Waals surface area contributed by atoms with Gasteiger partial charge in [0.15, 0.2) is 24.9 Å². The zero-order chi connectivity index (χ0) is 99.4. The summed E-state index contributed by atoms with van der Waals surface area (Å²) in [6.45, 7) is 42.8. The van der Waals surface area contributed by atoms with Crippen LogP contribution < -0.4 is 37.8 Å². The smallest absolute Gasteiger partial charge is 0.332 e. The fraction of sp³-hybridized carbons (Fsp3) is 0.589. The minimum absolute atomic E-state index is 0.0577. The van der Waals surface area contributed by atoms with Crippen LogP contribution in [0, 0.1) is 17.8 Å². The molecule has 6 saturated heterocycles. The lowest BCUT2D eigenvalue weighted by atomic mass is 10.00. The number of aliphatic hydroxyl groups excluding tert-OH is 9. The molecule has 740 valence electrons. The third-order valence-electron chi connectivity index (χ3n) is 23.0. The first-order valence-electron chi connectivity index (χ1n) is 43.3. The van der Waals surface area contributed by atoms with E-state index in [1.807, 2.05) is 6.92 Å². The zero-order valence-corrected chi connectivity index (χ0v) is 86.8.